The minimum Gasteiger partial charge on any atom is -0.383 e. The van der Waals surface area contributed by atoms with Gasteiger partial charge in [0.1, 0.15) is 24.1 Å². The first-order valence-electron chi connectivity index (χ1n) is 11.5. The van der Waals surface area contributed by atoms with Gasteiger partial charge in [0.25, 0.3) is 0 Å². The van der Waals surface area contributed by atoms with E-state index in [1.807, 2.05) is 24.3 Å². The van der Waals surface area contributed by atoms with Crippen molar-refractivity contribution in [1.82, 2.24) is 9.97 Å². The van der Waals surface area contributed by atoms with Crippen LogP contribution >= 0.6 is 46.8 Å². The van der Waals surface area contributed by atoms with Gasteiger partial charge >= 0.3 is 11.9 Å². The van der Waals surface area contributed by atoms with Crippen LogP contribution in [0, 0.1) is 0 Å². The summed E-state index contributed by atoms with van der Waals surface area (Å²) in [5.41, 5.74) is 4.16. The van der Waals surface area contributed by atoms with Crippen molar-refractivity contribution in [3.8, 4) is 0 Å². The lowest BCUT2D eigenvalue weighted by Gasteiger charge is -2.19. The first-order valence-corrected chi connectivity index (χ1v) is 14.6. The van der Waals surface area contributed by atoms with E-state index in [0.29, 0.717) is 8.68 Å². The molecule has 0 saturated carbocycles. The second-order valence-corrected chi connectivity index (χ2v) is 14.3. The fraction of sp³-hybridized carbons (Fsp3) is 0.385. The topological polar surface area (TPSA) is 78.4 Å². The van der Waals surface area contributed by atoms with Gasteiger partial charge in [-0.15, -0.1) is 22.7 Å². The van der Waals surface area contributed by atoms with E-state index >= 15 is 0 Å². The summed E-state index contributed by atoms with van der Waals surface area (Å²) in [7, 11) is 0. The number of nitrogens with zero attached hydrogens (tertiary/aromatic N) is 2. The zero-order chi connectivity index (χ0) is 26.1. The molecule has 0 spiro atoms. The lowest BCUT2D eigenvalue weighted by Crippen LogP contribution is -2.10. The Morgan fingerprint density at radius 3 is 1.47 bits per heavy atom. The highest BCUT2D eigenvalue weighted by molar-refractivity contribution is 7.97. The Morgan fingerprint density at radius 2 is 1.11 bits per heavy atom. The van der Waals surface area contributed by atoms with E-state index in [0.717, 1.165) is 44.5 Å². The van der Waals surface area contributed by atoms with E-state index in [2.05, 4.69) is 63.6 Å². The predicted molar refractivity (Wildman–Crippen MR) is 150 cm³/mol. The van der Waals surface area contributed by atoms with Crippen LogP contribution in [0.1, 0.15) is 65.5 Å². The summed E-state index contributed by atoms with van der Waals surface area (Å²) in [6, 6.07) is 12.1. The van der Waals surface area contributed by atoms with Gasteiger partial charge in [-0.05, 0) is 34.1 Å². The predicted octanol–water partition coefficient (Wildman–Crippen LogP) is 8.08. The van der Waals surface area contributed by atoms with E-state index in [-0.39, 0.29) is 23.7 Å². The standard InChI is InChI=1S/C26H28N2O4S4/c1-25(2,3)15-9-7-11-17-21(15)33-23(27-17)35-31-19(29)13-14-20(30)32-36-24-28-18-12-8-10-16(22(18)34-24)26(4,5)6/h7-12H,13-14H2,1-6H3. The van der Waals surface area contributed by atoms with Crippen LogP contribution in [0.25, 0.3) is 20.4 Å². The quantitative estimate of drug-likeness (QED) is 0.210. The van der Waals surface area contributed by atoms with Gasteiger partial charge in [-0.2, -0.15) is 0 Å². The Morgan fingerprint density at radius 1 is 0.722 bits per heavy atom. The molecule has 0 N–H and O–H groups in total. The van der Waals surface area contributed by atoms with Crippen LogP contribution < -0.4 is 0 Å². The summed E-state index contributed by atoms with van der Waals surface area (Å²) in [6.45, 7) is 13.0. The minimum absolute atomic E-state index is 0.0106. The van der Waals surface area contributed by atoms with Crippen LogP contribution in [-0.2, 0) is 28.8 Å². The van der Waals surface area contributed by atoms with Crippen molar-refractivity contribution >= 4 is 79.1 Å². The number of carbonyl (C=O) groups excluding carboxylic acids is 2. The summed E-state index contributed by atoms with van der Waals surface area (Å²) in [5, 5.41) is 0. The average Bonchev–Trinajstić information content (AvgIpc) is 3.41. The van der Waals surface area contributed by atoms with E-state index in [9.17, 15) is 9.59 Å². The number of hydrogen-bond acceptors (Lipinski definition) is 10. The van der Waals surface area contributed by atoms with Gasteiger partial charge in [0, 0.05) is 0 Å². The Hall–Kier alpha value is -2.14. The Kier molecular flexibility index (Phi) is 7.99. The molecule has 2 aromatic carbocycles. The van der Waals surface area contributed by atoms with E-state index in [4.69, 9.17) is 8.37 Å². The fourth-order valence-electron chi connectivity index (χ4n) is 3.56. The molecule has 0 aliphatic rings. The zero-order valence-electron chi connectivity index (χ0n) is 21.0. The maximum atomic E-state index is 12.2. The maximum absolute atomic E-state index is 12.2. The SMILES string of the molecule is CC(C)(C)c1cccc2nc(SOC(=O)CCC(=O)OSc3nc4cccc(C(C)(C)C)c4s3)sc12. The number of thiazole rings is 2. The number of aromatic nitrogens is 2. The van der Waals surface area contributed by atoms with Crippen molar-refractivity contribution in [2.24, 2.45) is 0 Å². The molecule has 6 nitrogen and oxygen atoms in total. The highest BCUT2D eigenvalue weighted by Crippen LogP contribution is 2.38. The maximum Gasteiger partial charge on any atom is 0.318 e. The molecule has 0 unspecified atom stereocenters. The Balaban J connectivity index is 1.27. The first-order chi connectivity index (χ1) is 16.9. The van der Waals surface area contributed by atoms with Crippen LogP contribution in [0.15, 0.2) is 45.1 Å². The molecule has 0 radical (unpaired) electrons. The molecule has 10 heteroatoms. The summed E-state index contributed by atoms with van der Waals surface area (Å²) in [4.78, 5) is 33.5. The molecule has 2 heterocycles. The van der Waals surface area contributed by atoms with E-state index in [1.165, 1.54) is 33.8 Å². The second-order valence-electron chi connectivity index (χ2n) is 10.3. The highest BCUT2D eigenvalue weighted by atomic mass is 32.2. The van der Waals surface area contributed by atoms with Gasteiger partial charge in [0.2, 0.25) is 0 Å². The van der Waals surface area contributed by atoms with Crippen molar-refractivity contribution in [2.75, 3.05) is 0 Å². The van der Waals surface area contributed by atoms with Crippen LogP contribution in [0.3, 0.4) is 0 Å². The molecule has 2 aromatic heterocycles. The molecule has 36 heavy (non-hydrogen) atoms. The lowest BCUT2D eigenvalue weighted by atomic mass is 9.87. The molecule has 190 valence electrons. The minimum atomic E-state index is -0.493. The fourth-order valence-corrected chi connectivity index (χ4v) is 7.35. The van der Waals surface area contributed by atoms with Gasteiger partial charge in [-0.3, -0.25) is 9.59 Å². The number of hydrogen-bond donors (Lipinski definition) is 0. The first kappa shape index (κ1) is 26.9. The van der Waals surface area contributed by atoms with Gasteiger partial charge in [0.05, 0.1) is 33.3 Å². The molecule has 4 rings (SSSR count). The Bertz CT molecular complexity index is 1310. The number of rotatable bonds is 7. The summed E-state index contributed by atoms with van der Waals surface area (Å²) in [5.74, 6) is -0.987. The van der Waals surface area contributed by atoms with Crippen molar-refractivity contribution < 1.29 is 18.0 Å². The molecular weight excluding hydrogens is 533 g/mol. The monoisotopic (exact) mass is 560 g/mol. The third-order valence-corrected chi connectivity index (χ3v) is 9.06. The molecule has 0 aliphatic carbocycles. The van der Waals surface area contributed by atoms with E-state index in [1.54, 1.807) is 0 Å². The zero-order valence-corrected chi connectivity index (χ0v) is 24.3. The third kappa shape index (κ3) is 6.40. The molecule has 0 bridgehead atoms. The van der Waals surface area contributed by atoms with Crippen LogP contribution in [0.5, 0.6) is 0 Å². The third-order valence-electron chi connectivity index (χ3n) is 5.35. The molecule has 0 fully saturated rings. The normalized spacial score (nSPS) is 12.3. The number of fused-ring (bicyclic) bond motifs is 2. The average molecular weight is 561 g/mol. The molecule has 0 saturated heterocycles. The van der Waals surface area contributed by atoms with Crippen molar-refractivity contribution in [1.29, 1.82) is 0 Å². The largest absolute Gasteiger partial charge is 0.383 e. The van der Waals surface area contributed by atoms with Crippen LogP contribution in [0.2, 0.25) is 0 Å². The number of benzene rings is 2. The van der Waals surface area contributed by atoms with Crippen LogP contribution in [-0.4, -0.2) is 21.9 Å². The summed E-state index contributed by atoms with van der Waals surface area (Å²) >= 11 is 4.87. The van der Waals surface area contributed by atoms with Crippen molar-refractivity contribution in [3.63, 3.8) is 0 Å². The Labute approximate surface area is 227 Å². The van der Waals surface area contributed by atoms with Gasteiger partial charge in [0.15, 0.2) is 8.68 Å². The second kappa shape index (κ2) is 10.7. The lowest BCUT2D eigenvalue weighted by molar-refractivity contribution is -0.139. The van der Waals surface area contributed by atoms with E-state index < -0.39 is 11.9 Å². The smallest absolute Gasteiger partial charge is 0.318 e. The van der Waals surface area contributed by atoms with Gasteiger partial charge < -0.3 is 8.37 Å². The van der Waals surface area contributed by atoms with Gasteiger partial charge in [-0.1, -0.05) is 65.8 Å². The highest BCUT2D eigenvalue weighted by Gasteiger charge is 2.21. The van der Waals surface area contributed by atoms with Crippen LogP contribution in [0.4, 0.5) is 0 Å². The summed E-state index contributed by atoms with van der Waals surface area (Å²) < 4.78 is 14.0. The van der Waals surface area contributed by atoms with Crippen molar-refractivity contribution in [3.05, 3.63) is 47.5 Å². The molecule has 0 amide bonds. The molecule has 0 aliphatic heterocycles. The summed E-state index contributed by atoms with van der Waals surface area (Å²) in [6.07, 6.45) is -0.142. The van der Waals surface area contributed by atoms with Gasteiger partial charge in [-0.25, -0.2) is 9.97 Å². The molecular formula is C26H28N2O4S4. The van der Waals surface area contributed by atoms with Crippen molar-refractivity contribution in [2.45, 2.75) is 73.9 Å². The number of carbonyl (C=O) groups is 2. The molecule has 4 aromatic rings. The molecule has 0 atom stereocenters.